The molecular weight excluding hydrogens is 335 g/mol. The van der Waals surface area contributed by atoms with E-state index in [1.54, 1.807) is 0 Å². The van der Waals surface area contributed by atoms with Crippen molar-refractivity contribution in [2.75, 3.05) is 24.3 Å². The van der Waals surface area contributed by atoms with Gasteiger partial charge in [-0.3, -0.25) is 4.79 Å². The fraction of sp³-hybridized carbons (Fsp3) is 0.188. The number of hydrogen-bond acceptors (Lipinski definition) is 2. The molecule has 0 radical (unpaired) electrons. The Bertz CT molecular complexity index is 686. The summed E-state index contributed by atoms with van der Waals surface area (Å²) in [4.78, 5) is 14.2. The van der Waals surface area contributed by atoms with Crippen LogP contribution in [0.5, 0.6) is 0 Å². The van der Waals surface area contributed by atoms with Gasteiger partial charge in [-0.2, -0.15) is 0 Å². The van der Waals surface area contributed by atoms with Gasteiger partial charge in [0.25, 0.3) is 5.91 Å². The van der Waals surface area contributed by atoms with Crippen molar-refractivity contribution in [2.45, 2.75) is 6.92 Å². The second-order valence-electron chi connectivity index (χ2n) is 4.98. The van der Waals surface area contributed by atoms with Gasteiger partial charge in [-0.1, -0.05) is 6.07 Å². The van der Waals surface area contributed by atoms with Crippen molar-refractivity contribution in [3.05, 3.63) is 57.8 Å². The number of nitrogens with one attached hydrogen (secondary N) is 1. The van der Waals surface area contributed by atoms with Crippen LogP contribution in [-0.2, 0) is 0 Å². The molecule has 1 amide bonds. The molecule has 0 saturated heterocycles. The minimum absolute atomic E-state index is 0.271. The van der Waals surface area contributed by atoms with Crippen LogP contribution in [0.3, 0.4) is 0 Å². The van der Waals surface area contributed by atoms with E-state index in [-0.39, 0.29) is 10.4 Å². The maximum Gasteiger partial charge on any atom is 0.255 e. The minimum Gasteiger partial charge on any atom is -0.377 e. The van der Waals surface area contributed by atoms with Crippen LogP contribution in [0.15, 0.2) is 40.9 Å². The van der Waals surface area contributed by atoms with Gasteiger partial charge in [0.05, 0.1) is 4.47 Å². The summed E-state index contributed by atoms with van der Waals surface area (Å²) in [6, 6.07) is 9.89. The Labute approximate surface area is 131 Å². The van der Waals surface area contributed by atoms with Gasteiger partial charge in [0, 0.05) is 31.0 Å². The van der Waals surface area contributed by atoms with E-state index in [0.717, 1.165) is 11.3 Å². The summed E-state index contributed by atoms with van der Waals surface area (Å²) in [6.07, 6.45) is 0. The zero-order valence-corrected chi connectivity index (χ0v) is 13.7. The van der Waals surface area contributed by atoms with Crippen LogP contribution in [0.4, 0.5) is 15.8 Å². The Hall–Kier alpha value is -1.88. The highest BCUT2D eigenvalue weighted by molar-refractivity contribution is 9.10. The molecule has 0 heterocycles. The minimum atomic E-state index is -0.392. The summed E-state index contributed by atoms with van der Waals surface area (Å²) in [5.74, 6) is -0.666. The van der Waals surface area contributed by atoms with E-state index in [1.807, 2.05) is 44.1 Å². The van der Waals surface area contributed by atoms with Crippen LogP contribution in [0.2, 0.25) is 0 Å². The highest BCUT2D eigenvalue weighted by Gasteiger charge is 2.10. The third-order valence-electron chi connectivity index (χ3n) is 3.13. The Morgan fingerprint density at radius 1 is 1.19 bits per heavy atom. The predicted octanol–water partition coefficient (Wildman–Crippen LogP) is 4.21. The number of rotatable bonds is 3. The number of anilines is 2. The van der Waals surface area contributed by atoms with Crippen molar-refractivity contribution < 1.29 is 9.18 Å². The first-order valence-corrected chi connectivity index (χ1v) is 7.22. The molecule has 0 aliphatic heterocycles. The molecule has 3 nitrogen and oxygen atoms in total. The number of carbonyl (C=O) groups is 1. The molecule has 5 heteroatoms. The smallest absolute Gasteiger partial charge is 0.255 e. The number of carbonyl (C=O) groups excluding carboxylic acids is 1. The van der Waals surface area contributed by atoms with Gasteiger partial charge >= 0.3 is 0 Å². The number of benzene rings is 2. The van der Waals surface area contributed by atoms with E-state index in [9.17, 15) is 9.18 Å². The number of amides is 1. The first kappa shape index (κ1) is 15.5. The second kappa shape index (κ2) is 6.26. The van der Waals surface area contributed by atoms with E-state index in [0.29, 0.717) is 11.3 Å². The lowest BCUT2D eigenvalue weighted by Crippen LogP contribution is -2.14. The zero-order chi connectivity index (χ0) is 15.6. The molecular formula is C16H16BrFN2O. The van der Waals surface area contributed by atoms with Crippen molar-refractivity contribution in [1.29, 1.82) is 0 Å². The van der Waals surface area contributed by atoms with Gasteiger partial charge in [0.2, 0.25) is 0 Å². The Morgan fingerprint density at radius 3 is 2.52 bits per heavy atom. The van der Waals surface area contributed by atoms with Crippen LogP contribution >= 0.6 is 15.9 Å². The topological polar surface area (TPSA) is 32.3 Å². The average molecular weight is 351 g/mol. The molecule has 2 aromatic carbocycles. The predicted molar refractivity (Wildman–Crippen MR) is 87.6 cm³/mol. The van der Waals surface area contributed by atoms with E-state index in [1.165, 1.54) is 18.2 Å². The van der Waals surface area contributed by atoms with Crippen molar-refractivity contribution in [3.63, 3.8) is 0 Å². The highest BCUT2D eigenvalue weighted by Crippen LogP contribution is 2.23. The summed E-state index contributed by atoms with van der Waals surface area (Å²) in [5.41, 5.74) is 3.26. The highest BCUT2D eigenvalue weighted by atomic mass is 79.9. The fourth-order valence-corrected chi connectivity index (χ4v) is 2.39. The summed E-state index contributed by atoms with van der Waals surface area (Å²) in [5, 5.41) is 2.82. The first-order valence-electron chi connectivity index (χ1n) is 6.43. The quantitative estimate of drug-likeness (QED) is 0.898. The molecule has 0 aromatic heterocycles. The molecule has 0 atom stereocenters. The van der Waals surface area contributed by atoms with Crippen molar-refractivity contribution in [3.8, 4) is 0 Å². The molecule has 2 aromatic rings. The van der Waals surface area contributed by atoms with Gasteiger partial charge in [0.15, 0.2) is 0 Å². The molecule has 110 valence electrons. The standard InChI is InChI=1S/C16H16BrFN2O/c1-10-4-6-12(9-15(10)20(2)3)19-16(21)11-5-7-14(18)13(17)8-11/h4-9H,1-3H3,(H,19,21). The molecule has 0 fully saturated rings. The van der Waals surface area contributed by atoms with Crippen molar-refractivity contribution in [2.24, 2.45) is 0 Å². The third kappa shape index (κ3) is 3.61. The fourth-order valence-electron chi connectivity index (χ4n) is 2.01. The van der Waals surface area contributed by atoms with E-state index < -0.39 is 5.82 Å². The third-order valence-corrected chi connectivity index (χ3v) is 3.74. The summed E-state index contributed by atoms with van der Waals surface area (Å²) in [7, 11) is 3.90. The van der Waals surface area contributed by atoms with E-state index in [2.05, 4.69) is 21.2 Å². The number of aryl methyl sites for hydroxylation is 1. The molecule has 1 N–H and O–H groups in total. The molecule has 0 saturated carbocycles. The second-order valence-corrected chi connectivity index (χ2v) is 5.83. The van der Waals surface area contributed by atoms with Gasteiger partial charge in [0.1, 0.15) is 5.82 Å². The normalized spacial score (nSPS) is 10.3. The van der Waals surface area contributed by atoms with Crippen molar-refractivity contribution >= 4 is 33.2 Å². The van der Waals surface area contributed by atoms with Gasteiger partial charge in [-0.05, 0) is 58.7 Å². The van der Waals surface area contributed by atoms with Gasteiger partial charge < -0.3 is 10.2 Å². The van der Waals surface area contributed by atoms with Gasteiger partial charge in [-0.25, -0.2) is 4.39 Å². The first-order chi connectivity index (χ1) is 9.88. The number of halogens is 2. The van der Waals surface area contributed by atoms with E-state index >= 15 is 0 Å². The number of nitrogens with zero attached hydrogens (tertiary/aromatic N) is 1. The molecule has 2 rings (SSSR count). The van der Waals surface area contributed by atoms with Crippen LogP contribution in [-0.4, -0.2) is 20.0 Å². The lowest BCUT2D eigenvalue weighted by atomic mass is 10.1. The molecule has 0 spiro atoms. The molecule has 0 aliphatic carbocycles. The zero-order valence-electron chi connectivity index (χ0n) is 12.1. The van der Waals surface area contributed by atoms with E-state index in [4.69, 9.17) is 0 Å². The number of hydrogen-bond donors (Lipinski definition) is 1. The summed E-state index contributed by atoms with van der Waals surface area (Å²) >= 11 is 3.08. The maximum absolute atomic E-state index is 13.2. The summed E-state index contributed by atoms with van der Waals surface area (Å²) in [6.45, 7) is 2.01. The Morgan fingerprint density at radius 2 is 1.90 bits per heavy atom. The van der Waals surface area contributed by atoms with Crippen molar-refractivity contribution in [1.82, 2.24) is 0 Å². The average Bonchev–Trinajstić information content (AvgIpc) is 2.43. The van der Waals surface area contributed by atoms with Gasteiger partial charge in [-0.15, -0.1) is 0 Å². The molecule has 21 heavy (non-hydrogen) atoms. The summed E-state index contributed by atoms with van der Waals surface area (Å²) < 4.78 is 13.5. The monoisotopic (exact) mass is 350 g/mol. The molecule has 0 bridgehead atoms. The molecule has 0 aliphatic rings. The largest absolute Gasteiger partial charge is 0.377 e. The lowest BCUT2D eigenvalue weighted by Gasteiger charge is -2.17. The Balaban J connectivity index is 2.23. The lowest BCUT2D eigenvalue weighted by molar-refractivity contribution is 0.102. The SMILES string of the molecule is Cc1ccc(NC(=O)c2ccc(F)c(Br)c2)cc1N(C)C. The maximum atomic E-state index is 13.2. The van der Waals surface area contributed by atoms with Crippen LogP contribution in [0.25, 0.3) is 0 Å². The van der Waals surface area contributed by atoms with Crippen LogP contribution in [0, 0.1) is 12.7 Å². The van der Waals surface area contributed by atoms with Crippen LogP contribution in [0.1, 0.15) is 15.9 Å². The Kier molecular flexibility index (Phi) is 4.63. The molecule has 0 unspecified atom stereocenters. The van der Waals surface area contributed by atoms with Crippen LogP contribution < -0.4 is 10.2 Å².